The average Bonchev–Trinajstić information content (AvgIpc) is 3.38. The second-order valence-corrected chi connectivity index (χ2v) is 7.15. The molecule has 0 spiro atoms. The Labute approximate surface area is 162 Å². The van der Waals surface area contributed by atoms with Gasteiger partial charge in [-0.3, -0.25) is 4.79 Å². The molecule has 28 heavy (non-hydrogen) atoms. The molecule has 7 heteroatoms. The predicted octanol–water partition coefficient (Wildman–Crippen LogP) is 3.09. The van der Waals surface area contributed by atoms with Gasteiger partial charge in [0.1, 0.15) is 5.52 Å². The van der Waals surface area contributed by atoms with Crippen molar-refractivity contribution in [3.8, 4) is 11.5 Å². The lowest BCUT2D eigenvalue weighted by Crippen LogP contribution is -2.43. The molecule has 1 atom stereocenters. The molecule has 0 unspecified atom stereocenters. The minimum atomic E-state index is -0.0854. The summed E-state index contributed by atoms with van der Waals surface area (Å²) in [5.41, 5.74) is 2.60. The number of para-hydroxylation sites is 2. The van der Waals surface area contributed by atoms with Gasteiger partial charge < -0.3 is 24.1 Å². The van der Waals surface area contributed by atoms with Crippen molar-refractivity contribution >= 4 is 23.0 Å². The maximum absolute atomic E-state index is 12.7. The van der Waals surface area contributed by atoms with Gasteiger partial charge in [-0.15, -0.1) is 0 Å². The average molecular weight is 379 g/mol. The number of rotatable bonds is 4. The van der Waals surface area contributed by atoms with Crippen LogP contribution in [0.5, 0.6) is 11.5 Å². The molecule has 0 radical (unpaired) electrons. The van der Waals surface area contributed by atoms with Crippen molar-refractivity contribution in [3.05, 3.63) is 48.0 Å². The van der Waals surface area contributed by atoms with Crippen LogP contribution in [-0.4, -0.2) is 30.8 Å². The summed E-state index contributed by atoms with van der Waals surface area (Å²) >= 11 is 0. The number of carbonyl (C=O) groups excluding carboxylic acids is 1. The number of nitrogens with one attached hydrogen (secondary N) is 1. The highest BCUT2D eigenvalue weighted by molar-refractivity contribution is 5.80. The van der Waals surface area contributed by atoms with Crippen LogP contribution in [0.4, 0.5) is 6.01 Å². The molecule has 1 amide bonds. The third-order valence-corrected chi connectivity index (χ3v) is 5.25. The number of benzene rings is 2. The second-order valence-electron chi connectivity index (χ2n) is 7.15. The molecule has 1 N–H and O–H groups in total. The van der Waals surface area contributed by atoms with Crippen LogP contribution < -0.4 is 19.7 Å². The van der Waals surface area contributed by atoms with Gasteiger partial charge in [-0.2, -0.15) is 4.98 Å². The Kier molecular flexibility index (Phi) is 4.27. The summed E-state index contributed by atoms with van der Waals surface area (Å²) < 4.78 is 16.6. The summed E-state index contributed by atoms with van der Waals surface area (Å²) in [4.78, 5) is 19.3. The minimum Gasteiger partial charge on any atom is -0.454 e. The summed E-state index contributed by atoms with van der Waals surface area (Å²) in [6.45, 7) is 2.17. The zero-order chi connectivity index (χ0) is 18.9. The van der Waals surface area contributed by atoms with Crippen LogP contribution in [0.15, 0.2) is 46.9 Å². The molecular weight excluding hydrogens is 358 g/mol. The number of anilines is 1. The number of hydrogen-bond acceptors (Lipinski definition) is 6. The van der Waals surface area contributed by atoms with Gasteiger partial charge in [0.25, 0.3) is 6.01 Å². The van der Waals surface area contributed by atoms with Crippen molar-refractivity contribution in [2.75, 3.05) is 24.8 Å². The highest BCUT2D eigenvalue weighted by Gasteiger charge is 2.28. The number of fused-ring (bicyclic) bond motifs is 2. The SMILES string of the molecule is O=C(NCc1ccc2c(c1)OCO2)[C@@H]1CCCN(c2nc3ccccc3o2)C1. The molecule has 0 aliphatic carbocycles. The van der Waals surface area contributed by atoms with Gasteiger partial charge in [0.05, 0.1) is 5.92 Å². The minimum absolute atomic E-state index is 0.0541. The van der Waals surface area contributed by atoms with Crippen molar-refractivity contribution in [3.63, 3.8) is 0 Å². The first-order chi connectivity index (χ1) is 13.8. The molecule has 3 aromatic rings. The molecule has 1 aromatic heterocycles. The topological polar surface area (TPSA) is 76.8 Å². The van der Waals surface area contributed by atoms with Crippen LogP contribution in [0.25, 0.3) is 11.1 Å². The van der Waals surface area contributed by atoms with Gasteiger partial charge in [0.2, 0.25) is 12.7 Å². The summed E-state index contributed by atoms with van der Waals surface area (Å²) in [7, 11) is 0. The number of amides is 1. The van der Waals surface area contributed by atoms with E-state index in [1.165, 1.54) is 0 Å². The maximum Gasteiger partial charge on any atom is 0.298 e. The fourth-order valence-corrected chi connectivity index (χ4v) is 3.74. The summed E-state index contributed by atoms with van der Waals surface area (Å²) in [5, 5.41) is 3.05. The number of hydrogen-bond donors (Lipinski definition) is 1. The van der Waals surface area contributed by atoms with E-state index in [0.717, 1.165) is 47.5 Å². The molecule has 1 fully saturated rings. The first kappa shape index (κ1) is 16.9. The van der Waals surface area contributed by atoms with E-state index in [9.17, 15) is 4.79 Å². The number of nitrogens with zero attached hydrogens (tertiary/aromatic N) is 2. The number of oxazole rings is 1. The van der Waals surface area contributed by atoms with Gasteiger partial charge in [0.15, 0.2) is 17.1 Å². The molecule has 1 saturated heterocycles. The second kappa shape index (κ2) is 7.07. The molecule has 144 valence electrons. The number of ether oxygens (including phenoxy) is 2. The van der Waals surface area contributed by atoms with Crippen LogP contribution in [0.2, 0.25) is 0 Å². The summed E-state index contributed by atoms with van der Waals surface area (Å²) in [6, 6.07) is 14.0. The maximum atomic E-state index is 12.7. The van der Waals surface area contributed by atoms with Crippen LogP contribution in [0.1, 0.15) is 18.4 Å². The van der Waals surface area contributed by atoms with E-state index < -0.39 is 0 Å². The quantitative estimate of drug-likeness (QED) is 0.751. The molecule has 3 heterocycles. The van der Waals surface area contributed by atoms with E-state index in [2.05, 4.69) is 15.2 Å². The lowest BCUT2D eigenvalue weighted by Gasteiger charge is -2.30. The standard InChI is InChI=1S/C21H21N3O4/c25-20(22-11-14-7-8-18-19(10-14)27-13-26-18)15-4-3-9-24(12-15)21-23-16-5-1-2-6-17(16)28-21/h1-2,5-8,10,15H,3-4,9,11-13H2,(H,22,25)/t15-/m1/s1. The Morgan fingerprint density at radius 1 is 1.18 bits per heavy atom. The van der Waals surface area contributed by atoms with Crippen LogP contribution >= 0.6 is 0 Å². The Balaban J connectivity index is 1.22. The first-order valence-corrected chi connectivity index (χ1v) is 9.53. The van der Waals surface area contributed by atoms with E-state index in [1.807, 2.05) is 42.5 Å². The van der Waals surface area contributed by atoms with E-state index in [4.69, 9.17) is 13.9 Å². The van der Waals surface area contributed by atoms with Crippen molar-refractivity contribution in [1.29, 1.82) is 0 Å². The van der Waals surface area contributed by atoms with Gasteiger partial charge >= 0.3 is 0 Å². The summed E-state index contributed by atoms with van der Waals surface area (Å²) in [5.74, 6) is 1.44. The Bertz CT molecular complexity index is 983. The highest BCUT2D eigenvalue weighted by atomic mass is 16.7. The molecule has 0 bridgehead atoms. The molecule has 2 aliphatic heterocycles. The van der Waals surface area contributed by atoms with Crippen LogP contribution in [0.3, 0.4) is 0 Å². The Morgan fingerprint density at radius 2 is 2.07 bits per heavy atom. The van der Waals surface area contributed by atoms with Crippen LogP contribution in [0, 0.1) is 5.92 Å². The van der Waals surface area contributed by atoms with Crippen LogP contribution in [-0.2, 0) is 11.3 Å². The lowest BCUT2D eigenvalue weighted by atomic mass is 9.97. The number of carbonyl (C=O) groups is 1. The highest BCUT2D eigenvalue weighted by Crippen LogP contribution is 2.32. The third kappa shape index (κ3) is 3.24. The number of piperidine rings is 1. The molecule has 5 rings (SSSR count). The van der Waals surface area contributed by atoms with Gasteiger partial charge in [-0.1, -0.05) is 18.2 Å². The molecular formula is C21H21N3O4. The molecule has 7 nitrogen and oxygen atoms in total. The normalized spacial score (nSPS) is 18.4. The molecule has 0 saturated carbocycles. The fourth-order valence-electron chi connectivity index (χ4n) is 3.74. The monoisotopic (exact) mass is 379 g/mol. The van der Waals surface area contributed by atoms with Gasteiger partial charge in [-0.05, 0) is 42.7 Å². The zero-order valence-electron chi connectivity index (χ0n) is 15.4. The van der Waals surface area contributed by atoms with Crippen molar-refractivity contribution in [2.24, 2.45) is 5.92 Å². The van der Waals surface area contributed by atoms with E-state index in [1.54, 1.807) is 0 Å². The van der Waals surface area contributed by atoms with Gasteiger partial charge in [0, 0.05) is 19.6 Å². The number of aromatic nitrogens is 1. The van der Waals surface area contributed by atoms with E-state index in [-0.39, 0.29) is 18.6 Å². The van der Waals surface area contributed by atoms with E-state index >= 15 is 0 Å². The largest absolute Gasteiger partial charge is 0.454 e. The Morgan fingerprint density at radius 3 is 3.00 bits per heavy atom. The lowest BCUT2D eigenvalue weighted by molar-refractivity contribution is -0.125. The smallest absolute Gasteiger partial charge is 0.298 e. The predicted molar refractivity (Wildman–Crippen MR) is 103 cm³/mol. The van der Waals surface area contributed by atoms with Crippen molar-refractivity contribution in [1.82, 2.24) is 10.3 Å². The molecule has 2 aromatic carbocycles. The molecule has 2 aliphatic rings. The fraction of sp³-hybridized carbons (Fsp3) is 0.333. The first-order valence-electron chi connectivity index (χ1n) is 9.53. The van der Waals surface area contributed by atoms with Gasteiger partial charge in [-0.25, -0.2) is 0 Å². The van der Waals surface area contributed by atoms with E-state index in [0.29, 0.717) is 19.1 Å². The summed E-state index contributed by atoms with van der Waals surface area (Å²) in [6.07, 6.45) is 1.80. The van der Waals surface area contributed by atoms with Crippen molar-refractivity contribution < 1.29 is 18.7 Å². The third-order valence-electron chi connectivity index (χ3n) is 5.25. The Hall–Kier alpha value is -3.22. The van der Waals surface area contributed by atoms with Crippen molar-refractivity contribution in [2.45, 2.75) is 19.4 Å². The zero-order valence-corrected chi connectivity index (χ0v) is 15.4.